The van der Waals surface area contributed by atoms with E-state index < -0.39 is 0 Å². The summed E-state index contributed by atoms with van der Waals surface area (Å²) in [7, 11) is 0. The van der Waals surface area contributed by atoms with Crippen molar-refractivity contribution in [1.29, 1.82) is 0 Å². The van der Waals surface area contributed by atoms with E-state index in [4.69, 9.17) is 0 Å². The minimum absolute atomic E-state index is 0.749. The molecule has 2 rings (SSSR count). The van der Waals surface area contributed by atoms with E-state index in [1.807, 2.05) is 26.0 Å². The molecule has 78 valence electrons. The van der Waals surface area contributed by atoms with E-state index in [1.54, 1.807) is 18.6 Å². The number of hydrogen-bond donors (Lipinski definition) is 0. The average molecular weight is 209 g/mol. The molecule has 3 heteroatoms. The molecule has 0 radical (unpaired) electrons. The van der Waals surface area contributed by atoms with Crippen LogP contribution in [0.15, 0.2) is 30.7 Å². The smallest absolute Gasteiger partial charge is 0.125 e. The molecule has 0 bridgehead atoms. The molecule has 0 saturated carbocycles. The van der Waals surface area contributed by atoms with Crippen LogP contribution in [0.3, 0.4) is 0 Å². The molecule has 0 atom stereocenters. The Hall–Kier alpha value is -2.21. The predicted molar refractivity (Wildman–Crippen MR) is 61.7 cm³/mol. The largest absolute Gasteiger partial charge is 0.248 e. The van der Waals surface area contributed by atoms with E-state index >= 15 is 0 Å². The molecule has 0 N–H and O–H groups in total. The Morgan fingerprint density at radius 2 is 1.62 bits per heavy atom. The monoisotopic (exact) mass is 209 g/mol. The minimum atomic E-state index is 0.749. The number of nitrogens with zero attached hydrogens (tertiary/aromatic N) is 3. The average Bonchev–Trinajstić information content (AvgIpc) is 2.30. The van der Waals surface area contributed by atoms with Crippen molar-refractivity contribution in [2.24, 2.45) is 0 Å². The van der Waals surface area contributed by atoms with Crippen molar-refractivity contribution in [1.82, 2.24) is 15.0 Å². The summed E-state index contributed by atoms with van der Waals surface area (Å²) in [5.41, 5.74) is 2.68. The van der Waals surface area contributed by atoms with Crippen LogP contribution >= 0.6 is 0 Å². The Labute approximate surface area is 94.6 Å². The van der Waals surface area contributed by atoms with Gasteiger partial charge in [-0.05, 0) is 31.4 Å². The van der Waals surface area contributed by atoms with E-state index in [2.05, 4.69) is 26.8 Å². The van der Waals surface area contributed by atoms with Gasteiger partial charge in [-0.2, -0.15) is 0 Å². The molecule has 0 aliphatic carbocycles. The molecule has 0 aliphatic heterocycles. The molecule has 2 aromatic heterocycles. The Morgan fingerprint density at radius 3 is 2.25 bits per heavy atom. The number of hydrogen-bond acceptors (Lipinski definition) is 3. The highest BCUT2D eigenvalue weighted by Gasteiger charge is 1.90. The maximum Gasteiger partial charge on any atom is 0.125 e. The molecule has 3 nitrogen and oxygen atoms in total. The maximum atomic E-state index is 4.20. The SMILES string of the molecule is Cc1ccc(C#Cc2cnc(C)nc2)nc1. The van der Waals surface area contributed by atoms with Gasteiger partial charge in [0.1, 0.15) is 11.5 Å². The second-order valence-electron chi connectivity index (χ2n) is 3.49. The van der Waals surface area contributed by atoms with Crippen LogP contribution in [-0.4, -0.2) is 15.0 Å². The van der Waals surface area contributed by atoms with Gasteiger partial charge in [0.2, 0.25) is 0 Å². The van der Waals surface area contributed by atoms with Crippen LogP contribution < -0.4 is 0 Å². The first kappa shape index (κ1) is 10.3. The van der Waals surface area contributed by atoms with E-state index in [0.29, 0.717) is 0 Å². The summed E-state index contributed by atoms with van der Waals surface area (Å²) in [6.07, 6.45) is 5.22. The molecular formula is C13H11N3. The van der Waals surface area contributed by atoms with Gasteiger partial charge in [0.25, 0.3) is 0 Å². The van der Waals surface area contributed by atoms with Crippen molar-refractivity contribution in [3.63, 3.8) is 0 Å². The molecule has 0 aliphatic rings. The van der Waals surface area contributed by atoms with Crippen LogP contribution in [0.4, 0.5) is 0 Å². The quantitative estimate of drug-likeness (QED) is 0.622. The predicted octanol–water partition coefficient (Wildman–Crippen LogP) is 1.89. The summed E-state index contributed by atoms with van der Waals surface area (Å²) in [5, 5.41) is 0. The molecule has 0 saturated heterocycles. The van der Waals surface area contributed by atoms with Gasteiger partial charge in [0.05, 0.1) is 5.56 Å². The minimum Gasteiger partial charge on any atom is -0.248 e. The van der Waals surface area contributed by atoms with Crippen molar-refractivity contribution in [2.75, 3.05) is 0 Å². The maximum absolute atomic E-state index is 4.20. The lowest BCUT2D eigenvalue weighted by Gasteiger charge is -1.92. The van der Waals surface area contributed by atoms with E-state index in [0.717, 1.165) is 22.6 Å². The second-order valence-corrected chi connectivity index (χ2v) is 3.49. The Balaban J connectivity index is 2.21. The molecule has 0 unspecified atom stereocenters. The van der Waals surface area contributed by atoms with Crippen LogP contribution in [-0.2, 0) is 0 Å². The first-order chi connectivity index (χ1) is 7.74. The van der Waals surface area contributed by atoms with E-state index in [9.17, 15) is 0 Å². The van der Waals surface area contributed by atoms with Crippen molar-refractivity contribution in [2.45, 2.75) is 13.8 Å². The van der Waals surface area contributed by atoms with E-state index in [-0.39, 0.29) is 0 Å². The van der Waals surface area contributed by atoms with Gasteiger partial charge in [-0.3, -0.25) is 0 Å². The Morgan fingerprint density at radius 1 is 0.875 bits per heavy atom. The molecule has 0 fully saturated rings. The van der Waals surface area contributed by atoms with Gasteiger partial charge >= 0.3 is 0 Å². The normalized spacial score (nSPS) is 9.38. The summed E-state index contributed by atoms with van der Waals surface area (Å²) >= 11 is 0. The highest BCUT2D eigenvalue weighted by molar-refractivity contribution is 5.37. The lowest BCUT2D eigenvalue weighted by molar-refractivity contribution is 1.05. The van der Waals surface area contributed by atoms with E-state index in [1.165, 1.54) is 0 Å². The van der Waals surface area contributed by atoms with Crippen molar-refractivity contribution in [3.05, 3.63) is 53.4 Å². The molecule has 2 heterocycles. The number of aryl methyl sites for hydroxylation is 2. The molecular weight excluding hydrogens is 198 g/mol. The molecule has 0 amide bonds. The van der Waals surface area contributed by atoms with Gasteiger partial charge in [0.15, 0.2) is 0 Å². The molecule has 2 aromatic rings. The van der Waals surface area contributed by atoms with Gasteiger partial charge in [-0.1, -0.05) is 12.0 Å². The highest BCUT2D eigenvalue weighted by atomic mass is 14.8. The lowest BCUT2D eigenvalue weighted by Crippen LogP contribution is -1.87. The fourth-order valence-electron chi connectivity index (χ4n) is 1.14. The second kappa shape index (κ2) is 4.54. The fourth-order valence-corrected chi connectivity index (χ4v) is 1.14. The summed E-state index contributed by atoms with van der Waals surface area (Å²) in [6, 6.07) is 3.89. The standard InChI is InChI=1S/C13H11N3/c1-10-3-5-13(16-7-10)6-4-12-8-14-11(2)15-9-12/h3,5,7-9H,1-2H3. The first-order valence-electron chi connectivity index (χ1n) is 4.97. The van der Waals surface area contributed by atoms with Gasteiger partial charge < -0.3 is 0 Å². The lowest BCUT2D eigenvalue weighted by atomic mass is 10.2. The van der Waals surface area contributed by atoms with Crippen molar-refractivity contribution in [3.8, 4) is 11.8 Å². The third-order valence-corrected chi connectivity index (χ3v) is 2.03. The van der Waals surface area contributed by atoms with Crippen LogP contribution in [0.25, 0.3) is 0 Å². The number of pyridine rings is 1. The van der Waals surface area contributed by atoms with Gasteiger partial charge in [-0.15, -0.1) is 0 Å². The molecule has 0 spiro atoms. The third kappa shape index (κ3) is 2.64. The first-order valence-corrected chi connectivity index (χ1v) is 4.97. The van der Waals surface area contributed by atoms with Crippen LogP contribution in [0.2, 0.25) is 0 Å². The zero-order chi connectivity index (χ0) is 11.4. The summed E-state index contributed by atoms with van der Waals surface area (Å²) in [4.78, 5) is 12.3. The summed E-state index contributed by atoms with van der Waals surface area (Å²) < 4.78 is 0. The van der Waals surface area contributed by atoms with Crippen LogP contribution in [0, 0.1) is 25.7 Å². The van der Waals surface area contributed by atoms with Crippen LogP contribution in [0.1, 0.15) is 22.6 Å². The summed E-state index contributed by atoms with van der Waals surface area (Å²) in [6.45, 7) is 3.84. The fraction of sp³-hybridized carbons (Fsp3) is 0.154. The zero-order valence-corrected chi connectivity index (χ0v) is 9.23. The van der Waals surface area contributed by atoms with Crippen LogP contribution in [0.5, 0.6) is 0 Å². The number of rotatable bonds is 0. The van der Waals surface area contributed by atoms with Crippen molar-refractivity contribution >= 4 is 0 Å². The summed E-state index contributed by atoms with van der Waals surface area (Å²) in [5.74, 6) is 6.69. The van der Waals surface area contributed by atoms with Gasteiger partial charge in [0, 0.05) is 18.6 Å². The van der Waals surface area contributed by atoms with Gasteiger partial charge in [-0.25, -0.2) is 15.0 Å². The topological polar surface area (TPSA) is 38.7 Å². The highest BCUT2D eigenvalue weighted by Crippen LogP contribution is 1.98. The number of aromatic nitrogens is 3. The molecule has 0 aromatic carbocycles. The third-order valence-electron chi connectivity index (χ3n) is 2.03. The molecule has 16 heavy (non-hydrogen) atoms. The zero-order valence-electron chi connectivity index (χ0n) is 9.23. The Kier molecular flexibility index (Phi) is 2.93. The Bertz CT molecular complexity index is 481. The van der Waals surface area contributed by atoms with Crippen molar-refractivity contribution < 1.29 is 0 Å².